The van der Waals surface area contributed by atoms with Gasteiger partial charge in [0.1, 0.15) is 28.9 Å². The maximum atomic E-state index is 16.0. The van der Waals surface area contributed by atoms with Gasteiger partial charge in [-0.05, 0) is 101 Å². The van der Waals surface area contributed by atoms with Crippen LogP contribution in [0.4, 0.5) is 17.6 Å². The number of piperazine rings is 1. The van der Waals surface area contributed by atoms with Crippen LogP contribution in [0.25, 0.3) is 10.9 Å². The molecule has 4 aromatic rings. The number of hydrazine groups is 1. The van der Waals surface area contributed by atoms with Crippen molar-refractivity contribution in [3.8, 4) is 5.75 Å². The fourth-order valence-electron chi connectivity index (χ4n) is 10.3. The minimum Gasteiger partial charge on any atom is -0.493 e. The summed E-state index contributed by atoms with van der Waals surface area (Å²) in [6.07, 6.45) is 7.24. The summed E-state index contributed by atoms with van der Waals surface area (Å²) in [5.41, 5.74) is 7.56. The summed E-state index contributed by atoms with van der Waals surface area (Å²) in [5.74, 6) is -2.28. The Labute approximate surface area is 360 Å². The highest BCUT2D eigenvalue weighted by molar-refractivity contribution is 5.95. The van der Waals surface area contributed by atoms with Crippen molar-refractivity contribution in [2.24, 2.45) is 11.8 Å². The number of H-pyrrole nitrogens is 1. The number of aromatic nitrogens is 1. The lowest BCUT2D eigenvalue weighted by molar-refractivity contribution is -0.133. The van der Waals surface area contributed by atoms with E-state index in [4.69, 9.17) is 4.74 Å². The normalized spacial score (nSPS) is 23.2. The number of carbonyl (C=O) groups excluding carboxylic acids is 3. The minimum atomic E-state index is -1.60. The topological polar surface area (TPSA) is 110 Å². The molecule has 3 amide bonds. The molecule has 1 aromatic heterocycles. The summed E-state index contributed by atoms with van der Waals surface area (Å²) in [5, 5.41) is 0.991. The zero-order valence-corrected chi connectivity index (χ0v) is 35.9. The third-order valence-corrected chi connectivity index (χ3v) is 13.4. The Morgan fingerprint density at radius 1 is 0.887 bits per heavy atom. The number of rotatable bonds is 13. The summed E-state index contributed by atoms with van der Waals surface area (Å²) >= 11 is 0. The third-order valence-electron chi connectivity index (χ3n) is 13.4. The van der Waals surface area contributed by atoms with E-state index >= 15 is 17.6 Å². The Morgan fingerprint density at radius 2 is 1.61 bits per heavy atom. The van der Waals surface area contributed by atoms with Crippen LogP contribution in [-0.2, 0) is 22.4 Å². The standard InChI is InChI=1S/C48H58F4N6O4/c1-29-23-35-33-12-8-9-14-40(33)53-44(35)45(58(29)28-48(2,3)52)43-38(50)26-31(27-39(43)51)62-22-10-4-5-15-42(59)56-18-20-57(21-19-56)47(61)36-24-30(16-17-37(36)49)25-41-32-11-6-7-13-34(32)46(60)55-54-41/h8-9,12,14,16-17,24,26-27,29,32,34,41,45,53-54H,4-7,10-11,13,15,18-23,25,28H2,1-3H3,(H,55,60)/t29-,32?,34?,41?,45-/m1/s1. The molecule has 0 spiro atoms. The number of benzene rings is 3. The number of hydrogen-bond donors (Lipinski definition) is 3. The lowest BCUT2D eigenvalue weighted by Gasteiger charge is -2.43. The van der Waals surface area contributed by atoms with Crippen molar-refractivity contribution >= 4 is 28.6 Å². The number of ether oxygens (including phenoxy) is 1. The Balaban J connectivity index is 0.802. The number of para-hydroxylation sites is 1. The summed E-state index contributed by atoms with van der Waals surface area (Å²) in [6.45, 7) is 6.38. The highest BCUT2D eigenvalue weighted by atomic mass is 19.1. The molecule has 4 aliphatic rings. The molecular formula is C48H58F4N6O4. The second kappa shape index (κ2) is 18.4. The number of nitrogens with one attached hydrogen (secondary N) is 3. The number of fused-ring (bicyclic) bond motifs is 4. The first-order valence-electron chi connectivity index (χ1n) is 22.3. The van der Waals surface area contributed by atoms with Crippen LogP contribution in [0.5, 0.6) is 5.75 Å². The van der Waals surface area contributed by atoms with Crippen molar-refractivity contribution in [3.63, 3.8) is 0 Å². The average Bonchev–Trinajstić information content (AvgIpc) is 3.61. The molecular weight excluding hydrogens is 801 g/mol. The van der Waals surface area contributed by atoms with Crippen LogP contribution in [0.2, 0.25) is 0 Å². The number of alkyl halides is 1. The predicted molar refractivity (Wildman–Crippen MR) is 229 cm³/mol. The van der Waals surface area contributed by atoms with Gasteiger partial charge in [0.25, 0.3) is 5.91 Å². The number of amides is 3. The van der Waals surface area contributed by atoms with Crippen molar-refractivity contribution < 1.29 is 36.7 Å². The third kappa shape index (κ3) is 9.36. The van der Waals surface area contributed by atoms with E-state index in [9.17, 15) is 14.4 Å². The largest absolute Gasteiger partial charge is 0.493 e. The molecule has 3 aromatic carbocycles. The van der Waals surface area contributed by atoms with Crippen LogP contribution in [0.15, 0.2) is 54.6 Å². The zero-order chi connectivity index (χ0) is 43.7. The van der Waals surface area contributed by atoms with Crippen LogP contribution in [0.1, 0.15) is 111 Å². The maximum Gasteiger partial charge on any atom is 0.256 e. The van der Waals surface area contributed by atoms with E-state index in [0.29, 0.717) is 70.4 Å². The van der Waals surface area contributed by atoms with E-state index in [0.717, 1.165) is 47.7 Å². The summed E-state index contributed by atoms with van der Waals surface area (Å²) in [7, 11) is 0. The van der Waals surface area contributed by atoms with Gasteiger partial charge in [-0.15, -0.1) is 0 Å². The first-order valence-corrected chi connectivity index (χ1v) is 22.3. The van der Waals surface area contributed by atoms with Crippen molar-refractivity contribution in [2.45, 2.75) is 109 Å². The van der Waals surface area contributed by atoms with Gasteiger partial charge >= 0.3 is 0 Å². The second-order valence-corrected chi connectivity index (χ2v) is 18.4. The summed E-state index contributed by atoms with van der Waals surface area (Å²) in [4.78, 5) is 47.5. The Kier molecular flexibility index (Phi) is 13.0. The van der Waals surface area contributed by atoms with E-state index in [-0.39, 0.29) is 65.8 Å². The van der Waals surface area contributed by atoms with Crippen LogP contribution in [0, 0.1) is 29.3 Å². The van der Waals surface area contributed by atoms with Gasteiger partial charge in [-0.3, -0.25) is 24.7 Å². The first kappa shape index (κ1) is 43.7. The van der Waals surface area contributed by atoms with Crippen LogP contribution < -0.4 is 15.6 Å². The van der Waals surface area contributed by atoms with E-state index in [1.165, 1.54) is 32.0 Å². The van der Waals surface area contributed by atoms with Gasteiger partial charge in [0, 0.05) is 91.4 Å². The highest BCUT2D eigenvalue weighted by Crippen LogP contribution is 2.44. The molecule has 62 heavy (non-hydrogen) atoms. The van der Waals surface area contributed by atoms with E-state index < -0.39 is 35.1 Å². The van der Waals surface area contributed by atoms with E-state index in [2.05, 4.69) is 15.8 Å². The molecule has 332 valence electrons. The summed E-state index contributed by atoms with van der Waals surface area (Å²) < 4.78 is 68.1. The van der Waals surface area contributed by atoms with Gasteiger partial charge in [-0.1, -0.05) is 37.1 Å². The monoisotopic (exact) mass is 858 g/mol. The number of hydrogen-bond acceptors (Lipinski definition) is 6. The second-order valence-electron chi connectivity index (χ2n) is 18.4. The number of aromatic amines is 1. The summed E-state index contributed by atoms with van der Waals surface area (Å²) in [6, 6.07) is 13.8. The van der Waals surface area contributed by atoms with Crippen molar-refractivity contribution in [3.05, 3.63) is 100.0 Å². The molecule has 5 atom stereocenters. The molecule has 0 bridgehead atoms. The van der Waals surface area contributed by atoms with Crippen LogP contribution >= 0.6 is 0 Å². The molecule has 0 radical (unpaired) electrons. The van der Waals surface area contributed by atoms with Gasteiger partial charge in [0.2, 0.25) is 11.8 Å². The van der Waals surface area contributed by atoms with Crippen molar-refractivity contribution in [1.29, 1.82) is 0 Å². The van der Waals surface area contributed by atoms with Gasteiger partial charge < -0.3 is 19.5 Å². The molecule has 2 saturated heterocycles. The Hall–Kier alpha value is -4.95. The number of halogens is 4. The van der Waals surface area contributed by atoms with Gasteiger partial charge in [0.15, 0.2) is 0 Å². The predicted octanol–water partition coefficient (Wildman–Crippen LogP) is 7.95. The van der Waals surface area contributed by atoms with Crippen LogP contribution in [-0.4, -0.2) is 94.5 Å². The lowest BCUT2D eigenvalue weighted by atomic mass is 9.72. The Bertz CT molecular complexity index is 2260. The molecule has 1 saturated carbocycles. The van der Waals surface area contributed by atoms with Gasteiger partial charge in [-0.25, -0.2) is 23.0 Å². The molecule has 3 unspecified atom stereocenters. The number of unbranched alkanes of at least 4 members (excludes halogenated alkanes) is 2. The quantitative estimate of drug-likeness (QED) is 0.0931. The average molecular weight is 859 g/mol. The molecule has 10 nitrogen and oxygen atoms in total. The van der Waals surface area contributed by atoms with Crippen molar-refractivity contribution in [2.75, 3.05) is 39.3 Å². The van der Waals surface area contributed by atoms with Gasteiger partial charge in [-0.2, -0.15) is 0 Å². The lowest BCUT2D eigenvalue weighted by Crippen LogP contribution is -2.60. The maximum absolute atomic E-state index is 16.0. The molecule has 8 rings (SSSR count). The van der Waals surface area contributed by atoms with Crippen molar-refractivity contribution in [1.82, 2.24) is 30.5 Å². The zero-order valence-electron chi connectivity index (χ0n) is 35.9. The fourth-order valence-corrected chi connectivity index (χ4v) is 10.3. The molecule has 4 heterocycles. The fraction of sp³-hybridized carbons (Fsp3) is 0.521. The first-order chi connectivity index (χ1) is 29.8. The number of nitrogens with zero attached hydrogens (tertiary/aromatic N) is 3. The molecule has 3 N–H and O–H groups in total. The smallest absolute Gasteiger partial charge is 0.256 e. The molecule has 1 aliphatic carbocycles. The molecule has 3 fully saturated rings. The molecule has 3 aliphatic heterocycles. The SMILES string of the molecule is C[C@@H]1Cc2c([nH]c3ccccc23)[C@@H](c2c(F)cc(OCCCCCC(=O)N3CCN(C(=O)c4cc(CC5NNC(=O)C6CCCCC56)ccc4F)CC3)cc2F)N1CC(C)(C)F. The van der Waals surface area contributed by atoms with E-state index in [1.54, 1.807) is 21.9 Å². The van der Waals surface area contributed by atoms with E-state index in [1.807, 2.05) is 36.1 Å². The Morgan fingerprint density at radius 3 is 2.37 bits per heavy atom. The minimum absolute atomic E-state index is 0.00261. The molecule has 14 heteroatoms. The number of carbonyl (C=O) groups is 3. The van der Waals surface area contributed by atoms with Gasteiger partial charge in [0.05, 0.1) is 18.2 Å². The highest BCUT2D eigenvalue weighted by Gasteiger charge is 2.42. The van der Waals surface area contributed by atoms with Crippen LogP contribution in [0.3, 0.4) is 0 Å².